The van der Waals surface area contributed by atoms with Gasteiger partial charge in [-0.3, -0.25) is 9.62 Å². The third-order valence-corrected chi connectivity index (χ3v) is 4.95. The van der Waals surface area contributed by atoms with Crippen LogP contribution in [0.4, 0.5) is 5.82 Å². The van der Waals surface area contributed by atoms with Crippen LogP contribution in [0.25, 0.3) is 11.1 Å². The third-order valence-electron chi connectivity index (χ3n) is 4.37. The lowest BCUT2D eigenvalue weighted by Crippen LogP contribution is -2.37. The van der Waals surface area contributed by atoms with Crippen LogP contribution in [0.5, 0.6) is 0 Å². The summed E-state index contributed by atoms with van der Waals surface area (Å²) in [4.78, 5) is 6.58. The average molecular weight is 361 g/mol. The fourth-order valence-electron chi connectivity index (χ4n) is 2.94. The second-order valence-corrected chi connectivity index (χ2v) is 8.00. The van der Waals surface area contributed by atoms with Crippen molar-refractivity contribution < 1.29 is 13.2 Å². The molecule has 1 aromatic heterocycles. The molecule has 0 bridgehead atoms. The summed E-state index contributed by atoms with van der Waals surface area (Å²) in [6.07, 6.45) is 2.78. The molecule has 0 amide bonds. The molecule has 1 fully saturated rings. The molecule has 6 nitrogen and oxygen atoms in total. The van der Waals surface area contributed by atoms with Gasteiger partial charge in [0.25, 0.3) is 0 Å². The van der Waals surface area contributed by atoms with E-state index in [4.69, 9.17) is 4.74 Å². The Morgan fingerprint density at radius 1 is 1.08 bits per heavy atom. The Morgan fingerprint density at radius 3 is 2.28 bits per heavy atom. The van der Waals surface area contributed by atoms with Gasteiger partial charge < -0.3 is 4.74 Å². The van der Waals surface area contributed by atoms with Crippen LogP contribution in [-0.4, -0.2) is 50.9 Å². The number of nitrogens with one attached hydrogen (secondary N) is 1. The summed E-state index contributed by atoms with van der Waals surface area (Å²) < 4.78 is 30.2. The lowest BCUT2D eigenvalue weighted by molar-refractivity contribution is 0.0198. The molecule has 0 unspecified atom stereocenters. The SMILES string of the molecule is C[C@@H](c1ccc(-c2ccc(NS(C)(=O)=O)nc2)cc1)N1CCOCC1. The fraction of sp³-hybridized carbons (Fsp3) is 0.389. The highest BCUT2D eigenvalue weighted by Crippen LogP contribution is 2.25. The average Bonchev–Trinajstić information content (AvgIpc) is 2.61. The van der Waals surface area contributed by atoms with Crippen molar-refractivity contribution in [2.75, 3.05) is 37.3 Å². The number of anilines is 1. The van der Waals surface area contributed by atoms with E-state index in [9.17, 15) is 8.42 Å². The molecule has 1 atom stereocenters. The highest BCUT2D eigenvalue weighted by Gasteiger charge is 2.18. The molecule has 0 spiro atoms. The van der Waals surface area contributed by atoms with Gasteiger partial charge in [0.1, 0.15) is 5.82 Å². The van der Waals surface area contributed by atoms with Crippen LogP contribution in [0.15, 0.2) is 42.6 Å². The van der Waals surface area contributed by atoms with Crippen molar-refractivity contribution in [3.05, 3.63) is 48.2 Å². The molecular weight excluding hydrogens is 338 g/mol. The van der Waals surface area contributed by atoms with E-state index in [1.807, 2.05) is 6.07 Å². The van der Waals surface area contributed by atoms with E-state index < -0.39 is 10.0 Å². The minimum Gasteiger partial charge on any atom is -0.379 e. The zero-order valence-electron chi connectivity index (χ0n) is 14.5. The minimum absolute atomic E-state index is 0.323. The minimum atomic E-state index is -3.31. The van der Waals surface area contributed by atoms with Crippen LogP contribution in [0, 0.1) is 0 Å². The van der Waals surface area contributed by atoms with Crippen LogP contribution in [0.3, 0.4) is 0 Å². The molecule has 1 N–H and O–H groups in total. The van der Waals surface area contributed by atoms with Crippen molar-refractivity contribution in [1.82, 2.24) is 9.88 Å². The van der Waals surface area contributed by atoms with Crippen LogP contribution in [0.1, 0.15) is 18.5 Å². The van der Waals surface area contributed by atoms with Gasteiger partial charge in [0.2, 0.25) is 10.0 Å². The first-order chi connectivity index (χ1) is 11.9. The van der Waals surface area contributed by atoms with E-state index in [1.165, 1.54) is 5.56 Å². The van der Waals surface area contributed by atoms with Gasteiger partial charge in [0, 0.05) is 30.9 Å². The van der Waals surface area contributed by atoms with Gasteiger partial charge in [0.15, 0.2) is 0 Å². The number of nitrogens with zero attached hydrogens (tertiary/aromatic N) is 2. The number of hydrogen-bond donors (Lipinski definition) is 1. The van der Waals surface area contributed by atoms with Gasteiger partial charge in [-0.15, -0.1) is 0 Å². The van der Waals surface area contributed by atoms with Crippen LogP contribution in [0.2, 0.25) is 0 Å². The van der Waals surface area contributed by atoms with Gasteiger partial charge in [-0.05, 0) is 30.2 Å². The maximum atomic E-state index is 11.2. The predicted molar refractivity (Wildman–Crippen MR) is 98.9 cm³/mol. The molecular formula is C18H23N3O3S. The molecule has 7 heteroatoms. The summed E-state index contributed by atoms with van der Waals surface area (Å²) in [7, 11) is -3.31. The predicted octanol–water partition coefficient (Wildman–Crippen LogP) is 2.51. The maximum absolute atomic E-state index is 11.2. The van der Waals surface area contributed by atoms with Crippen molar-refractivity contribution in [1.29, 1.82) is 0 Å². The Morgan fingerprint density at radius 2 is 1.72 bits per heavy atom. The van der Waals surface area contributed by atoms with Gasteiger partial charge in [-0.2, -0.15) is 0 Å². The molecule has 0 radical (unpaired) electrons. The number of aromatic nitrogens is 1. The smallest absolute Gasteiger partial charge is 0.230 e. The topological polar surface area (TPSA) is 71.5 Å². The van der Waals surface area contributed by atoms with Crippen LogP contribution < -0.4 is 4.72 Å². The Hall–Kier alpha value is -1.96. The molecule has 3 rings (SSSR count). The number of rotatable bonds is 5. The molecule has 0 saturated carbocycles. The molecule has 1 aromatic carbocycles. The summed E-state index contributed by atoms with van der Waals surface area (Å²) >= 11 is 0. The third kappa shape index (κ3) is 4.78. The zero-order chi connectivity index (χ0) is 17.9. The van der Waals surface area contributed by atoms with E-state index in [1.54, 1.807) is 12.3 Å². The van der Waals surface area contributed by atoms with Gasteiger partial charge in [-0.25, -0.2) is 13.4 Å². The number of pyridine rings is 1. The lowest BCUT2D eigenvalue weighted by atomic mass is 10.0. The number of ether oxygens (including phenoxy) is 1. The summed E-state index contributed by atoms with van der Waals surface area (Å²) in [5.74, 6) is 0.323. The summed E-state index contributed by atoms with van der Waals surface area (Å²) in [6.45, 7) is 5.72. The lowest BCUT2D eigenvalue weighted by Gasteiger charge is -2.32. The highest BCUT2D eigenvalue weighted by atomic mass is 32.2. The molecule has 2 heterocycles. The van der Waals surface area contributed by atoms with Crippen molar-refractivity contribution >= 4 is 15.8 Å². The molecule has 1 aliphatic heterocycles. The molecule has 1 aliphatic rings. The monoisotopic (exact) mass is 361 g/mol. The summed E-state index contributed by atoms with van der Waals surface area (Å²) in [5, 5.41) is 0. The quantitative estimate of drug-likeness (QED) is 0.886. The second-order valence-electron chi connectivity index (χ2n) is 6.25. The van der Waals surface area contributed by atoms with Gasteiger partial charge in [-0.1, -0.05) is 24.3 Å². The van der Waals surface area contributed by atoms with Crippen molar-refractivity contribution in [2.45, 2.75) is 13.0 Å². The fourth-order valence-corrected chi connectivity index (χ4v) is 3.45. The Bertz CT molecular complexity index is 798. The Balaban J connectivity index is 1.71. The first-order valence-electron chi connectivity index (χ1n) is 8.28. The highest BCUT2D eigenvalue weighted by molar-refractivity contribution is 7.92. The standard InChI is InChI=1S/C18H23N3O3S/c1-14(21-9-11-24-12-10-21)15-3-5-16(6-4-15)17-7-8-18(19-13-17)20-25(2,22)23/h3-8,13-14H,9-12H2,1-2H3,(H,19,20)/t14-/m0/s1. The molecule has 2 aromatic rings. The van der Waals surface area contributed by atoms with Crippen molar-refractivity contribution in [3.63, 3.8) is 0 Å². The summed E-state index contributed by atoms with van der Waals surface area (Å²) in [5.41, 5.74) is 3.27. The molecule has 25 heavy (non-hydrogen) atoms. The largest absolute Gasteiger partial charge is 0.379 e. The number of sulfonamides is 1. The first kappa shape index (κ1) is 17.8. The molecule has 134 valence electrons. The van der Waals surface area contributed by atoms with Crippen molar-refractivity contribution in [2.24, 2.45) is 0 Å². The van der Waals surface area contributed by atoms with E-state index in [0.29, 0.717) is 11.9 Å². The van der Waals surface area contributed by atoms with Crippen LogP contribution in [-0.2, 0) is 14.8 Å². The van der Waals surface area contributed by atoms with E-state index in [2.05, 4.69) is 45.8 Å². The van der Waals surface area contributed by atoms with Crippen LogP contribution >= 0.6 is 0 Å². The summed E-state index contributed by atoms with van der Waals surface area (Å²) in [6, 6.07) is 12.3. The molecule has 0 aliphatic carbocycles. The zero-order valence-corrected chi connectivity index (χ0v) is 15.3. The van der Waals surface area contributed by atoms with E-state index in [-0.39, 0.29) is 0 Å². The van der Waals surface area contributed by atoms with Gasteiger partial charge >= 0.3 is 0 Å². The Labute approximate surface area is 148 Å². The Kier molecular flexibility index (Phi) is 5.36. The van der Waals surface area contributed by atoms with Crippen molar-refractivity contribution in [3.8, 4) is 11.1 Å². The molecule has 1 saturated heterocycles. The maximum Gasteiger partial charge on any atom is 0.230 e. The van der Waals surface area contributed by atoms with E-state index >= 15 is 0 Å². The number of morpholine rings is 1. The first-order valence-corrected chi connectivity index (χ1v) is 10.2. The number of benzene rings is 1. The number of hydrogen-bond acceptors (Lipinski definition) is 5. The normalized spacial score (nSPS) is 17.2. The van der Waals surface area contributed by atoms with Gasteiger partial charge in [0.05, 0.1) is 19.5 Å². The van der Waals surface area contributed by atoms with E-state index in [0.717, 1.165) is 43.7 Å². The second kappa shape index (κ2) is 7.51.